The molecule has 2 atom stereocenters. The monoisotopic (exact) mass is 787 g/mol. The van der Waals surface area contributed by atoms with E-state index in [-0.39, 0.29) is 21.8 Å². The summed E-state index contributed by atoms with van der Waals surface area (Å²) < 4.78 is 0. The van der Waals surface area contributed by atoms with Gasteiger partial charge in [0.1, 0.15) is 0 Å². The lowest BCUT2D eigenvalue weighted by molar-refractivity contribution is 0.195. The highest BCUT2D eigenvalue weighted by atomic mass is 15.3. The fourth-order valence-electron chi connectivity index (χ4n) is 13.6. The third-order valence-corrected chi connectivity index (χ3v) is 16.8. The third kappa shape index (κ3) is 4.17. The molecule has 0 aromatic heterocycles. The minimum atomic E-state index is -0.477. The van der Waals surface area contributed by atoms with Gasteiger partial charge in [-0.25, -0.2) is 0 Å². The first-order chi connectivity index (χ1) is 29.4. The van der Waals surface area contributed by atoms with Crippen LogP contribution < -0.4 is 21.1 Å². The van der Waals surface area contributed by atoms with Gasteiger partial charge in [-0.3, -0.25) is 0 Å². The molecule has 3 heteroatoms. The number of anilines is 4. The number of fused-ring (bicyclic) bond motifs is 17. The molecule has 1 saturated carbocycles. The molecule has 13 rings (SSSR count). The van der Waals surface area contributed by atoms with E-state index >= 15 is 0 Å². The van der Waals surface area contributed by atoms with E-state index in [4.69, 9.17) is 0 Å². The summed E-state index contributed by atoms with van der Waals surface area (Å²) in [6.07, 6.45) is 4.93. The van der Waals surface area contributed by atoms with Crippen LogP contribution >= 0.6 is 0 Å². The quantitative estimate of drug-likeness (QED) is 0.167. The molecule has 7 aromatic rings. The van der Waals surface area contributed by atoms with Gasteiger partial charge < -0.3 is 10.2 Å². The molecule has 0 saturated heterocycles. The fourth-order valence-corrected chi connectivity index (χ4v) is 13.6. The first-order valence-corrected chi connectivity index (χ1v) is 22.7. The summed E-state index contributed by atoms with van der Waals surface area (Å²) in [5, 5.41) is 4.18. The Hall–Kier alpha value is -5.80. The Morgan fingerprint density at radius 1 is 0.557 bits per heavy atom. The summed E-state index contributed by atoms with van der Waals surface area (Å²) >= 11 is 0. The molecule has 2 nitrogen and oxygen atoms in total. The Morgan fingerprint density at radius 2 is 1.16 bits per heavy atom. The van der Waals surface area contributed by atoms with Crippen molar-refractivity contribution in [3.05, 3.63) is 178 Å². The SMILES string of the molecule is CC(C)(C)c1cc2c3c(c1)C1(C)CCCCC1(C)N3c1cc3c(c(-c4cccc5c4Nc4ccccc4C54c5ccccc5-c5ccccc54)c1[B]2)-c1ccccc1C3(C)C. The van der Waals surface area contributed by atoms with Crippen LogP contribution in [0.25, 0.3) is 33.4 Å². The van der Waals surface area contributed by atoms with Gasteiger partial charge in [0.25, 0.3) is 0 Å². The summed E-state index contributed by atoms with van der Waals surface area (Å²) in [7, 11) is 2.61. The van der Waals surface area contributed by atoms with Crippen molar-refractivity contribution in [3.8, 4) is 33.4 Å². The van der Waals surface area contributed by atoms with E-state index in [0.29, 0.717) is 0 Å². The summed E-state index contributed by atoms with van der Waals surface area (Å²) in [4.78, 5) is 2.88. The van der Waals surface area contributed by atoms with E-state index in [9.17, 15) is 0 Å². The maximum Gasteiger partial charge on any atom is 0.197 e. The zero-order valence-electron chi connectivity index (χ0n) is 36.6. The van der Waals surface area contributed by atoms with Gasteiger partial charge in [-0.15, -0.1) is 0 Å². The lowest BCUT2D eigenvalue weighted by atomic mass is 9.56. The molecular weight excluding hydrogens is 735 g/mol. The van der Waals surface area contributed by atoms with Crippen LogP contribution in [0.4, 0.5) is 22.7 Å². The van der Waals surface area contributed by atoms with Gasteiger partial charge in [-0.2, -0.15) is 0 Å². The lowest BCUT2D eigenvalue weighted by Gasteiger charge is -2.51. The number of nitrogens with zero attached hydrogens (tertiary/aromatic N) is 1. The highest BCUT2D eigenvalue weighted by Gasteiger charge is 2.60. The van der Waals surface area contributed by atoms with Gasteiger partial charge in [0, 0.05) is 33.5 Å². The Kier molecular flexibility index (Phi) is 6.81. The standard InChI is InChI=1S/C58H52BN2/c1-54(2,3)34-31-45-53-46(32-34)59-51-48(61(53)57(7)30-17-16-29-56(45,57)6)33-44-49(37-21-10-11-23-39(37)55(44,4)5)50(51)38-22-18-27-43-52(38)60-47-28-15-14-26-42(47)58(43)40-24-12-8-19-35(40)36-20-9-13-25-41(36)58/h8-15,18-28,31-33,60H,16-17,29-30H2,1-7H3. The van der Waals surface area contributed by atoms with Crippen molar-refractivity contribution in [2.45, 2.75) is 101 Å². The fraction of sp³-hybridized carbons (Fsp3) is 0.276. The molecule has 1 N–H and O–H groups in total. The second-order valence-corrected chi connectivity index (χ2v) is 21.0. The Morgan fingerprint density at radius 3 is 1.89 bits per heavy atom. The van der Waals surface area contributed by atoms with Gasteiger partial charge in [0.2, 0.25) is 0 Å². The number of hydrogen-bond acceptors (Lipinski definition) is 2. The van der Waals surface area contributed by atoms with Crippen LogP contribution in [0.2, 0.25) is 0 Å². The zero-order chi connectivity index (χ0) is 41.4. The van der Waals surface area contributed by atoms with Gasteiger partial charge in [-0.05, 0) is 115 Å². The number of para-hydroxylation sites is 2. The second-order valence-electron chi connectivity index (χ2n) is 21.0. The van der Waals surface area contributed by atoms with Crippen LogP contribution in [0.5, 0.6) is 0 Å². The maximum absolute atomic E-state index is 4.18. The molecule has 1 spiro atoms. The lowest BCUT2D eigenvalue weighted by Crippen LogP contribution is -2.57. The summed E-state index contributed by atoms with van der Waals surface area (Å²) in [6, 6.07) is 51.7. The van der Waals surface area contributed by atoms with Gasteiger partial charge in [-0.1, -0.05) is 181 Å². The van der Waals surface area contributed by atoms with Crippen molar-refractivity contribution >= 4 is 41.0 Å². The van der Waals surface area contributed by atoms with Crippen molar-refractivity contribution in [3.63, 3.8) is 0 Å². The molecule has 61 heavy (non-hydrogen) atoms. The van der Waals surface area contributed by atoms with E-state index in [1.54, 1.807) is 5.56 Å². The van der Waals surface area contributed by atoms with Crippen molar-refractivity contribution < 1.29 is 0 Å². The topological polar surface area (TPSA) is 15.3 Å². The second kappa shape index (κ2) is 11.6. The molecule has 297 valence electrons. The number of rotatable bonds is 1. The predicted octanol–water partition coefficient (Wildman–Crippen LogP) is 13.1. The van der Waals surface area contributed by atoms with Gasteiger partial charge in [0.05, 0.1) is 16.6 Å². The van der Waals surface area contributed by atoms with Crippen LogP contribution in [-0.2, 0) is 21.7 Å². The first kappa shape index (κ1) is 35.9. The minimum Gasteiger partial charge on any atom is -0.354 e. The third-order valence-electron chi connectivity index (χ3n) is 16.8. The van der Waals surface area contributed by atoms with E-state index in [1.165, 1.54) is 132 Å². The average molecular weight is 788 g/mol. The summed E-state index contributed by atoms with van der Waals surface area (Å²) in [5.41, 5.74) is 26.5. The smallest absolute Gasteiger partial charge is 0.197 e. The van der Waals surface area contributed by atoms with E-state index in [0.717, 1.165) is 0 Å². The molecule has 0 amide bonds. The highest BCUT2D eigenvalue weighted by Crippen LogP contribution is 2.65. The molecule has 1 radical (unpaired) electrons. The Labute approximate surface area is 362 Å². The van der Waals surface area contributed by atoms with Crippen LogP contribution in [0.3, 0.4) is 0 Å². The highest BCUT2D eigenvalue weighted by molar-refractivity contribution is 6.73. The summed E-state index contributed by atoms with van der Waals surface area (Å²) in [5.74, 6) is 0. The molecule has 1 fully saturated rings. The Balaban J connectivity index is 1.17. The van der Waals surface area contributed by atoms with Gasteiger partial charge >= 0.3 is 0 Å². The maximum atomic E-state index is 4.18. The molecule has 2 unspecified atom stereocenters. The molecule has 0 bridgehead atoms. The van der Waals surface area contributed by atoms with E-state index in [1.807, 2.05) is 0 Å². The first-order valence-electron chi connectivity index (χ1n) is 22.7. The summed E-state index contributed by atoms with van der Waals surface area (Å²) in [6.45, 7) is 17.3. The van der Waals surface area contributed by atoms with E-state index < -0.39 is 5.41 Å². The minimum absolute atomic E-state index is 0.0240. The normalized spacial score (nSPS) is 22.0. The van der Waals surface area contributed by atoms with Crippen LogP contribution in [0.15, 0.2) is 133 Å². The van der Waals surface area contributed by atoms with E-state index in [2.05, 4.69) is 199 Å². The van der Waals surface area contributed by atoms with Crippen molar-refractivity contribution in [2.75, 3.05) is 10.2 Å². The van der Waals surface area contributed by atoms with Gasteiger partial charge in [0.15, 0.2) is 7.28 Å². The molecule has 7 aromatic carbocycles. The van der Waals surface area contributed by atoms with Crippen molar-refractivity contribution in [1.29, 1.82) is 0 Å². The number of nitrogens with one attached hydrogen (secondary N) is 1. The Bertz CT molecular complexity index is 3060. The molecule has 6 aliphatic rings. The predicted molar refractivity (Wildman–Crippen MR) is 257 cm³/mol. The van der Waals surface area contributed by atoms with Crippen LogP contribution in [0.1, 0.15) is 119 Å². The van der Waals surface area contributed by atoms with Crippen molar-refractivity contribution in [2.24, 2.45) is 0 Å². The molecule has 3 aliphatic heterocycles. The molecule has 3 heterocycles. The van der Waals surface area contributed by atoms with Crippen LogP contribution in [-0.4, -0.2) is 12.8 Å². The zero-order valence-corrected chi connectivity index (χ0v) is 36.6. The molecule has 3 aliphatic carbocycles. The average Bonchev–Trinajstić information content (AvgIpc) is 3.77. The largest absolute Gasteiger partial charge is 0.354 e. The van der Waals surface area contributed by atoms with Crippen molar-refractivity contribution in [1.82, 2.24) is 0 Å². The number of benzene rings is 7. The van der Waals surface area contributed by atoms with Crippen LogP contribution in [0, 0.1) is 0 Å². The number of hydrogen-bond donors (Lipinski definition) is 1. The molecular formula is C58H52BN2.